The average Bonchev–Trinajstić information content (AvgIpc) is 2.28. The Morgan fingerprint density at radius 1 is 1.47 bits per heavy atom. The Bertz CT molecular complexity index is 431. The highest BCUT2D eigenvalue weighted by molar-refractivity contribution is 5.94. The quantitative estimate of drug-likeness (QED) is 0.398. The number of aliphatic carboxylic acids is 1. The third kappa shape index (κ3) is 3.18. The van der Waals surface area contributed by atoms with Crippen molar-refractivity contribution in [2.45, 2.75) is 13.3 Å². The van der Waals surface area contributed by atoms with Gasteiger partial charge in [0.05, 0.1) is 24.3 Å². The molecular formula is C11H14N2O4. The Kier molecular flexibility index (Phi) is 4.47. The number of carbonyl (C=O) groups is 2. The predicted molar refractivity (Wildman–Crippen MR) is 61.5 cm³/mol. The van der Waals surface area contributed by atoms with Gasteiger partial charge in [-0.05, 0) is 19.1 Å². The molecule has 0 spiro atoms. The van der Waals surface area contributed by atoms with Gasteiger partial charge in [-0.15, -0.1) is 0 Å². The van der Waals surface area contributed by atoms with Gasteiger partial charge in [0.25, 0.3) is 0 Å². The molecule has 0 aliphatic carbocycles. The first kappa shape index (κ1) is 13.0. The van der Waals surface area contributed by atoms with Crippen molar-refractivity contribution in [3.05, 3.63) is 29.3 Å². The van der Waals surface area contributed by atoms with Crippen molar-refractivity contribution in [1.29, 1.82) is 0 Å². The van der Waals surface area contributed by atoms with Crippen LogP contribution in [0, 0.1) is 0 Å². The van der Waals surface area contributed by atoms with Gasteiger partial charge >= 0.3 is 11.9 Å². The van der Waals surface area contributed by atoms with E-state index < -0.39 is 11.9 Å². The first-order valence-corrected chi connectivity index (χ1v) is 5.07. The highest BCUT2D eigenvalue weighted by Gasteiger charge is 2.17. The van der Waals surface area contributed by atoms with Crippen molar-refractivity contribution in [2.24, 2.45) is 5.84 Å². The summed E-state index contributed by atoms with van der Waals surface area (Å²) >= 11 is 0. The van der Waals surface area contributed by atoms with Crippen molar-refractivity contribution < 1.29 is 19.4 Å². The van der Waals surface area contributed by atoms with E-state index in [0.29, 0.717) is 11.3 Å². The molecule has 17 heavy (non-hydrogen) atoms. The van der Waals surface area contributed by atoms with Gasteiger partial charge in [0, 0.05) is 5.56 Å². The Balaban J connectivity index is 3.18. The normalized spacial score (nSPS) is 9.76. The van der Waals surface area contributed by atoms with Crippen LogP contribution in [0.15, 0.2) is 18.2 Å². The summed E-state index contributed by atoms with van der Waals surface area (Å²) in [6, 6.07) is 4.71. The monoisotopic (exact) mass is 238 g/mol. The van der Waals surface area contributed by atoms with Crippen LogP contribution in [0.5, 0.6) is 0 Å². The number of carboxylic acids is 1. The van der Waals surface area contributed by atoms with Crippen LogP contribution in [0.2, 0.25) is 0 Å². The Morgan fingerprint density at radius 3 is 2.71 bits per heavy atom. The van der Waals surface area contributed by atoms with Gasteiger partial charge in [0.15, 0.2) is 0 Å². The molecule has 1 aromatic rings. The lowest BCUT2D eigenvalue weighted by molar-refractivity contribution is -0.136. The first-order chi connectivity index (χ1) is 8.10. The van der Waals surface area contributed by atoms with E-state index in [9.17, 15) is 9.59 Å². The van der Waals surface area contributed by atoms with Gasteiger partial charge < -0.3 is 15.3 Å². The fourth-order valence-electron chi connectivity index (χ4n) is 1.46. The number of esters is 1. The lowest BCUT2D eigenvalue weighted by atomic mass is 10.0. The van der Waals surface area contributed by atoms with Crippen molar-refractivity contribution in [1.82, 2.24) is 0 Å². The molecule has 0 atom stereocenters. The largest absolute Gasteiger partial charge is 0.481 e. The Morgan fingerprint density at radius 2 is 2.18 bits per heavy atom. The van der Waals surface area contributed by atoms with Gasteiger partial charge in [0.1, 0.15) is 0 Å². The van der Waals surface area contributed by atoms with E-state index in [1.54, 1.807) is 19.1 Å². The van der Waals surface area contributed by atoms with Crippen LogP contribution in [0.4, 0.5) is 5.69 Å². The number of nitrogens with one attached hydrogen (secondary N) is 1. The zero-order valence-electron chi connectivity index (χ0n) is 9.40. The van der Waals surface area contributed by atoms with Crippen molar-refractivity contribution >= 4 is 17.6 Å². The minimum atomic E-state index is -1.04. The van der Waals surface area contributed by atoms with E-state index in [1.807, 2.05) is 0 Å². The van der Waals surface area contributed by atoms with Gasteiger partial charge in [0.2, 0.25) is 0 Å². The zero-order chi connectivity index (χ0) is 12.8. The van der Waals surface area contributed by atoms with Gasteiger partial charge in [-0.2, -0.15) is 0 Å². The fraction of sp³-hybridized carbons (Fsp3) is 0.273. The van der Waals surface area contributed by atoms with Crippen LogP contribution in [-0.2, 0) is 16.0 Å². The third-order valence-corrected chi connectivity index (χ3v) is 2.15. The second-order valence-corrected chi connectivity index (χ2v) is 3.27. The number of nitrogens with two attached hydrogens (primary N) is 1. The van der Waals surface area contributed by atoms with Crippen LogP contribution < -0.4 is 11.3 Å². The summed E-state index contributed by atoms with van der Waals surface area (Å²) in [7, 11) is 0. The lowest BCUT2D eigenvalue weighted by Crippen LogP contribution is -2.16. The van der Waals surface area contributed by atoms with Gasteiger partial charge in [-0.1, -0.05) is 6.07 Å². The van der Waals surface area contributed by atoms with E-state index in [-0.39, 0.29) is 18.6 Å². The molecule has 0 saturated carbocycles. The highest BCUT2D eigenvalue weighted by Crippen LogP contribution is 2.21. The number of hydrogen-bond acceptors (Lipinski definition) is 5. The second kappa shape index (κ2) is 5.86. The molecule has 0 amide bonds. The van der Waals surface area contributed by atoms with E-state index in [4.69, 9.17) is 15.7 Å². The third-order valence-electron chi connectivity index (χ3n) is 2.15. The molecule has 0 aliphatic heterocycles. The molecule has 0 aliphatic rings. The smallest absolute Gasteiger partial charge is 0.338 e. The maximum absolute atomic E-state index is 11.6. The topological polar surface area (TPSA) is 102 Å². The molecule has 6 nitrogen and oxygen atoms in total. The first-order valence-electron chi connectivity index (χ1n) is 5.07. The molecule has 0 unspecified atom stereocenters. The molecule has 92 valence electrons. The number of benzene rings is 1. The SMILES string of the molecule is CCOC(=O)c1cccc(NN)c1CC(=O)O. The molecule has 0 saturated heterocycles. The minimum Gasteiger partial charge on any atom is -0.481 e. The molecule has 1 rings (SSSR count). The van der Waals surface area contributed by atoms with E-state index in [0.717, 1.165) is 0 Å². The number of carbonyl (C=O) groups excluding carboxylic acids is 1. The number of anilines is 1. The average molecular weight is 238 g/mol. The van der Waals surface area contributed by atoms with Crippen LogP contribution in [0.25, 0.3) is 0 Å². The van der Waals surface area contributed by atoms with Gasteiger partial charge in [-0.3, -0.25) is 10.6 Å². The predicted octanol–water partition coefficient (Wildman–Crippen LogP) is 0.776. The van der Waals surface area contributed by atoms with Crippen LogP contribution in [-0.4, -0.2) is 23.7 Å². The molecule has 6 heteroatoms. The minimum absolute atomic E-state index is 0.213. The summed E-state index contributed by atoms with van der Waals surface area (Å²) in [5.74, 6) is 3.68. The number of carboxylic acid groups (broad SMARTS) is 1. The van der Waals surface area contributed by atoms with Crippen molar-refractivity contribution in [3.63, 3.8) is 0 Å². The molecule has 0 fully saturated rings. The van der Waals surface area contributed by atoms with E-state index >= 15 is 0 Å². The van der Waals surface area contributed by atoms with E-state index in [1.165, 1.54) is 6.07 Å². The summed E-state index contributed by atoms with van der Waals surface area (Å²) in [6.07, 6.45) is -0.297. The Labute approximate surface area is 98.3 Å². The van der Waals surface area contributed by atoms with Crippen molar-refractivity contribution in [3.8, 4) is 0 Å². The molecule has 4 N–H and O–H groups in total. The molecule has 0 aromatic heterocycles. The summed E-state index contributed by atoms with van der Waals surface area (Å²) < 4.78 is 4.85. The summed E-state index contributed by atoms with van der Waals surface area (Å²) in [4.78, 5) is 22.4. The number of hydrogen-bond donors (Lipinski definition) is 3. The van der Waals surface area contributed by atoms with Gasteiger partial charge in [-0.25, -0.2) is 4.79 Å². The van der Waals surface area contributed by atoms with Crippen LogP contribution in [0.3, 0.4) is 0 Å². The molecule has 0 heterocycles. The molecule has 0 radical (unpaired) electrons. The maximum Gasteiger partial charge on any atom is 0.338 e. The van der Waals surface area contributed by atoms with Crippen molar-refractivity contribution in [2.75, 3.05) is 12.0 Å². The summed E-state index contributed by atoms with van der Waals surface area (Å²) in [5, 5.41) is 8.80. The Hall–Kier alpha value is -2.08. The second-order valence-electron chi connectivity index (χ2n) is 3.27. The highest BCUT2D eigenvalue weighted by atomic mass is 16.5. The molecular weight excluding hydrogens is 224 g/mol. The van der Waals surface area contributed by atoms with E-state index in [2.05, 4.69) is 5.43 Å². The zero-order valence-corrected chi connectivity index (χ0v) is 9.40. The molecule has 1 aromatic carbocycles. The van der Waals surface area contributed by atoms with Crippen LogP contribution >= 0.6 is 0 Å². The number of hydrazine groups is 1. The summed E-state index contributed by atoms with van der Waals surface area (Å²) in [6.45, 7) is 1.91. The lowest BCUT2D eigenvalue weighted by Gasteiger charge is -2.11. The number of rotatable bonds is 5. The van der Waals surface area contributed by atoms with Crippen LogP contribution in [0.1, 0.15) is 22.8 Å². The maximum atomic E-state index is 11.6. The fourth-order valence-corrected chi connectivity index (χ4v) is 1.46. The standard InChI is InChI=1S/C11H14N2O4/c1-2-17-11(16)7-4-3-5-9(13-12)8(7)6-10(14)15/h3-5,13H,2,6,12H2,1H3,(H,14,15). The molecule has 0 bridgehead atoms. The number of nitrogen functional groups attached to an aromatic ring is 1. The summed E-state index contributed by atoms with van der Waals surface area (Å²) in [5.41, 5.74) is 3.30. The number of ether oxygens (including phenoxy) is 1.